The Bertz CT molecular complexity index is 653. The first kappa shape index (κ1) is 17.6. The molecule has 0 atom stereocenters. The van der Waals surface area contributed by atoms with Crippen LogP contribution in [0.3, 0.4) is 0 Å². The first-order chi connectivity index (χ1) is 11.1. The van der Waals surface area contributed by atoms with Crippen molar-refractivity contribution < 1.29 is 14.8 Å². The number of nitrogens with zero attached hydrogens (tertiary/aromatic N) is 1. The van der Waals surface area contributed by atoms with Crippen molar-refractivity contribution in [2.75, 3.05) is 11.7 Å². The molecular weight excluding hydrogens is 339 g/mol. The first-order valence-electron chi connectivity index (χ1n) is 6.98. The molecule has 0 unspecified atom stereocenters. The summed E-state index contributed by atoms with van der Waals surface area (Å²) in [5.74, 6) is 0. The molecule has 2 amide bonds. The molecule has 0 aliphatic carbocycles. The monoisotopic (exact) mass is 354 g/mol. The number of carbonyl (C=O) groups excluding carboxylic acids is 1. The smallest absolute Gasteiger partial charge is 0.287 e. The highest BCUT2D eigenvalue weighted by Gasteiger charge is 2.15. The number of nitrogens with one attached hydrogen (secondary N) is 1. The van der Waals surface area contributed by atoms with Gasteiger partial charge in [0, 0.05) is 0 Å². The number of para-hydroxylation sites is 1. The van der Waals surface area contributed by atoms with Crippen molar-refractivity contribution in [1.29, 1.82) is 0 Å². The Kier molecular flexibility index (Phi) is 6.67. The summed E-state index contributed by atoms with van der Waals surface area (Å²) >= 11 is 11.8. The molecule has 0 heterocycles. The van der Waals surface area contributed by atoms with Crippen molar-refractivity contribution in [2.45, 2.75) is 12.8 Å². The maximum absolute atomic E-state index is 11.7. The van der Waals surface area contributed by atoms with Crippen molar-refractivity contribution in [2.24, 2.45) is 0 Å². The van der Waals surface area contributed by atoms with Gasteiger partial charge in [-0.25, -0.2) is 10.3 Å². The summed E-state index contributed by atoms with van der Waals surface area (Å²) in [4.78, 5) is 17.1. The number of anilines is 1. The molecule has 2 aromatic rings. The molecule has 0 fully saturated rings. The standard InChI is InChI=1S/C16H16Cl2N2O3/c17-14-9-8-12(11-15(14)18)5-4-10-23-20(16(21)19-22)13-6-2-1-3-7-13/h1-3,6-9,11,22H,4-5,10H2,(H,19,21). The summed E-state index contributed by atoms with van der Waals surface area (Å²) in [6.45, 7) is 0.294. The summed E-state index contributed by atoms with van der Waals surface area (Å²) in [6.07, 6.45) is 1.39. The van der Waals surface area contributed by atoms with Gasteiger partial charge >= 0.3 is 6.03 Å². The minimum Gasteiger partial charge on any atom is -0.287 e. The van der Waals surface area contributed by atoms with E-state index in [2.05, 4.69) is 0 Å². The van der Waals surface area contributed by atoms with E-state index < -0.39 is 6.03 Å². The number of hydrogen-bond acceptors (Lipinski definition) is 3. The Hall–Kier alpha value is -1.79. The second-order valence-corrected chi connectivity index (χ2v) is 5.55. The average molecular weight is 355 g/mol. The molecule has 0 bridgehead atoms. The molecule has 0 saturated heterocycles. The highest BCUT2D eigenvalue weighted by molar-refractivity contribution is 6.42. The fourth-order valence-corrected chi connectivity index (χ4v) is 2.31. The van der Waals surface area contributed by atoms with Crippen LogP contribution in [-0.2, 0) is 11.3 Å². The quantitative estimate of drug-likeness (QED) is 0.457. The molecule has 122 valence electrons. The third-order valence-corrected chi connectivity index (χ3v) is 3.82. The van der Waals surface area contributed by atoms with Crippen molar-refractivity contribution in [1.82, 2.24) is 5.48 Å². The van der Waals surface area contributed by atoms with Crippen LogP contribution in [0, 0.1) is 0 Å². The molecular formula is C16H16Cl2N2O3. The molecule has 2 aromatic carbocycles. The van der Waals surface area contributed by atoms with Gasteiger partial charge in [0.15, 0.2) is 0 Å². The lowest BCUT2D eigenvalue weighted by Gasteiger charge is -2.20. The third kappa shape index (κ3) is 5.11. The number of hydrogen-bond donors (Lipinski definition) is 2. The predicted octanol–water partition coefficient (Wildman–Crippen LogP) is 4.46. The molecule has 23 heavy (non-hydrogen) atoms. The van der Waals surface area contributed by atoms with Gasteiger partial charge in [-0.2, -0.15) is 5.06 Å². The third-order valence-electron chi connectivity index (χ3n) is 3.08. The lowest BCUT2D eigenvalue weighted by Crippen LogP contribution is -2.38. The van der Waals surface area contributed by atoms with E-state index in [0.717, 1.165) is 17.0 Å². The fraction of sp³-hybridized carbons (Fsp3) is 0.188. The highest BCUT2D eigenvalue weighted by atomic mass is 35.5. The molecule has 5 nitrogen and oxygen atoms in total. The van der Waals surface area contributed by atoms with Crippen LogP contribution in [0.25, 0.3) is 0 Å². The van der Waals surface area contributed by atoms with Gasteiger partial charge in [-0.3, -0.25) is 10.0 Å². The maximum atomic E-state index is 11.7. The Balaban J connectivity index is 1.89. The van der Waals surface area contributed by atoms with Crippen LogP contribution < -0.4 is 10.5 Å². The summed E-state index contributed by atoms with van der Waals surface area (Å²) in [7, 11) is 0. The van der Waals surface area contributed by atoms with Crippen molar-refractivity contribution in [3.63, 3.8) is 0 Å². The number of rotatable bonds is 6. The van der Waals surface area contributed by atoms with Gasteiger partial charge in [0.05, 0.1) is 22.3 Å². The molecule has 2 N–H and O–H groups in total. The van der Waals surface area contributed by atoms with E-state index >= 15 is 0 Å². The molecule has 2 rings (SSSR count). The Morgan fingerprint density at radius 1 is 1.13 bits per heavy atom. The van der Waals surface area contributed by atoms with E-state index in [4.69, 9.17) is 33.2 Å². The van der Waals surface area contributed by atoms with E-state index in [1.54, 1.807) is 41.9 Å². The summed E-state index contributed by atoms with van der Waals surface area (Å²) in [5.41, 5.74) is 3.12. The molecule has 0 aromatic heterocycles. The van der Waals surface area contributed by atoms with Gasteiger partial charge in [0.2, 0.25) is 0 Å². The number of amides is 2. The molecule has 0 saturated carbocycles. The number of urea groups is 1. The Labute approximate surface area is 144 Å². The van der Waals surface area contributed by atoms with Gasteiger partial charge in [-0.15, -0.1) is 0 Å². The summed E-state index contributed by atoms with van der Waals surface area (Å²) in [5, 5.41) is 10.8. The van der Waals surface area contributed by atoms with Gasteiger partial charge in [-0.05, 0) is 42.7 Å². The Morgan fingerprint density at radius 2 is 1.87 bits per heavy atom. The minimum atomic E-state index is -0.759. The zero-order valence-corrected chi connectivity index (χ0v) is 13.7. The molecule has 0 aliphatic rings. The van der Waals surface area contributed by atoms with Crippen molar-refractivity contribution >= 4 is 34.9 Å². The van der Waals surface area contributed by atoms with Crippen LogP contribution in [0.2, 0.25) is 10.0 Å². The number of benzene rings is 2. The van der Waals surface area contributed by atoms with E-state index in [0.29, 0.717) is 28.8 Å². The van der Waals surface area contributed by atoms with Gasteiger partial charge < -0.3 is 0 Å². The lowest BCUT2D eigenvalue weighted by atomic mass is 10.1. The summed E-state index contributed by atoms with van der Waals surface area (Å²) in [6, 6.07) is 13.5. The molecule has 7 heteroatoms. The molecule has 0 spiro atoms. The van der Waals surface area contributed by atoms with Crippen LogP contribution in [0.15, 0.2) is 48.5 Å². The molecule has 0 radical (unpaired) electrons. The SMILES string of the molecule is O=C(NO)N(OCCCc1ccc(Cl)c(Cl)c1)c1ccccc1. The van der Waals surface area contributed by atoms with Gasteiger partial charge in [-0.1, -0.05) is 47.5 Å². The zero-order chi connectivity index (χ0) is 16.7. The van der Waals surface area contributed by atoms with E-state index in [-0.39, 0.29) is 0 Å². The zero-order valence-electron chi connectivity index (χ0n) is 12.2. The van der Waals surface area contributed by atoms with Gasteiger partial charge in [0.1, 0.15) is 0 Å². The predicted molar refractivity (Wildman–Crippen MR) is 90.0 cm³/mol. The summed E-state index contributed by atoms with van der Waals surface area (Å²) < 4.78 is 0. The minimum absolute atomic E-state index is 0.294. The number of halogens is 2. The second kappa shape index (κ2) is 8.74. The lowest BCUT2D eigenvalue weighted by molar-refractivity contribution is 0.0922. The van der Waals surface area contributed by atoms with E-state index in [1.807, 2.05) is 12.1 Å². The number of carbonyl (C=O) groups is 1. The normalized spacial score (nSPS) is 10.4. The van der Waals surface area contributed by atoms with E-state index in [1.165, 1.54) is 0 Å². The van der Waals surface area contributed by atoms with Crippen molar-refractivity contribution in [3.05, 3.63) is 64.1 Å². The first-order valence-corrected chi connectivity index (χ1v) is 7.73. The Morgan fingerprint density at radius 3 is 2.52 bits per heavy atom. The number of aryl methyl sites for hydroxylation is 1. The van der Waals surface area contributed by atoms with Crippen LogP contribution in [0.4, 0.5) is 10.5 Å². The van der Waals surface area contributed by atoms with Crippen LogP contribution in [0.5, 0.6) is 0 Å². The fourth-order valence-electron chi connectivity index (χ4n) is 1.99. The van der Waals surface area contributed by atoms with Crippen LogP contribution >= 0.6 is 23.2 Å². The number of hydroxylamine groups is 2. The molecule has 0 aliphatic heterocycles. The van der Waals surface area contributed by atoms with Crippen molar-refractivity contribution in [3.8, 4) is 0 Å². The van der Waals surface area contributed by atoms with Gasteiger partial charge in [0.25, 0.3) is 0 Å². The highest BCUT2D eigenvalue weighted by Crippen LogP contribution is 2.23. The topological polar surface area (TPSA) is 61.8 Å². The van der Waals surface area contributed by atoms with Crippen LogP contribution in [-0.4, -0.2) is 17.8 Å². The second-order valence-electron chi connectivity index (χ2n) is 4.73. The van der Waals surface area contributed by atoms with E-state index in [9.17, 15) is 4.79 Å². The van der Waals surface area contributed by atoms with Crippen LogP contribution in [0.1, 0.15) is 12.0 Å². The largest absolute Gasteiger partial charge is 0.369 e. The average Bonchev–Trinajstić information content (AvgIpc) is 2.58. The maximum Gasteiger partial charge on any atom is 0.369 e.